The van der Waals surface area contributed by atoms with Gasteiger partial charge >= 0.3 is 0 Å². The molecule has 0 aliphatic heterocycles. The van der Waals surface area contributed by atoms with E-state index in [1.165, 1.54) is 0 Å². The van der Waals surface area contributed by atoms with Crippen molar-refractivity contribution < 1.29 is 8.42 Å². The Labute approximate surface area is 105 Å². The van der Waals surface area contributed by atoms with Crippen molar-refractivity contribution in [1.29, 1.82) is 0 Å². The van der Waals surface area contributed by atoms with Crippen molar-refractivity contribution in [2.45, 2.75) is 34.1 Å². The van der Waals surface area contributed by atoms with Crippen LogP contribution in [0.25, 0.3) is 0 Å². The molecule has 98 valence electrons. The van der Waals surface area contributed by atoms with E-state index in [2.05, 4.69) is 0 Å². The summed E-state index contributed by atoms with van der Waals surface area (Å²) in [5.74, 6) is 1.26. The molecule has 0 saturated heterocycles. The first-order valence-corrected chi connectivity index (χ1v) is 7.97. The van der Waals surface area contributed by atoms with Crippen LogP contribution in [0, 0.1) is 11.8 Å². The molecule has 5 heteroatoms. The Morgan fingerprint density at radius 1 is 1.06 bits per heavy atom. The number of hydrogen-bond acceptors (Lipinski definition) is 2. The molecule has 3 nitrogen and oxygen atoms in total. The number of sulfonamides is 1. The predicted molar refractivity (Wildman–Crippen MR) is 70.4 cm³/mol. The van der Waals surface area contributed by atoms with Gasteiger partial charge in [0.05, 0.1) is 5.75 Å². The summed E-state index contributed by atoms with van der Waals surface area (Å²) in [5.41, 5.74) is 0. The van der Waals surface area contributed by atoms with Gasteiger partial charge in [-0.2, -0.15) is 0 Å². The maximum absolute atomic E-state index is 12.0. The molecule has 0 aromatic carbocycles. The zero-order valence-corrected chi connectivity index (χ0v) is 12.3. The molecule has 0 radical (unpaired) electrons. The fourth-order valence-electron chi connectivity index (χ4n) is 1.48. The van der Waals surface area contributed by atoms with E-state index in [1.807, 2.05) is 27.7 Å². The highest BCUT2D eigenvalue weighted by atomic mass is 35.5. The van der Waals surface area contributed by atoms with Crippen LogP contribution >= 0.6 is 11.6 Å². The molecule has 16 heavy (non-hydrogen) atoms. The molecule has 0 aromatic heterocycles. The van der Waals surface area contributed by atoms with Gasteiger partial charge < -0.3 is 0 Å². The Balaban J connectivity index is 4.59. The van der Waals surface area contributed by atoms with Crippen molar-refractivity contribution in [3.05, 3.63) is 0 Å². The smallest absolute Gasteiger partial charge is 0.212 e. The van der Waals surface area contributed by atoms with Crippen LogP contribution in [0.2, 0.25) is 0 Å². The fraction of sp³-hybridized carbons (Fsp3) is 1.00. The average Bonchev–Trinajstić information content (AvgIpc) is 2.12. The van der Waals surface area contributed by atoms with Gasteiger partial charge in [0.15, 0.2) is 0 Å². The SMILES string of the molecule is CC(C)CN(CC(C)C)S(=O)(=O)CCCCl. The Bertz CT molecular complexity index is 266. The van der Waals surface area contributed by atoms with Crippen LogP contribution in [0.4, 0.5) is 0 Å². The summed E-state index contributed by atoms with van der Waals surface area (Å²) in [4.78, 5) is 0. The molecule has 0 bridgehead atoms. The molecule has 0 unspecified atom stereocenters. The summed E-state index contributed by atoms with van der Waals surface area (Å²) in [7, 11) is -3.13. The van der Waals surface area contributed by atoms with Crippen LogP contribution in [0.5, 0.6) is 0 Å². The second-order valence-corrected chi connectivity index (χ2v) is 7.43. The van der Waals surface area contributed by atoms with Gasteiger partial charge in [0.25, 0.3) is 0 Å². The molecule has 0 heterocycles. The normalized spacial score (nSPS) is 13.0. The molecule has 0 amide bonds. The number of hydrogen-bond donors (Lipinski definition) is 0. The van der Waals surface area contributed by atoms with E-state index in [1.54, 1.807) is 4.31 Å². The highest BCUT2D eigenvalue weighted by Gasteiger charge is 2.22. The second kappa shape index (κ2) is 7.51. The number of halogens is 1. The van der Waals surface area contributed by atoms with E-state index in [9.17, 15) is 8.42 Å². The first-order valence-electron chi connectivity index (χ1n) is 5.83. The quantitative estimate of drug-likeness (QED) is 0.635. The number of alkyl halides is 1. The molecule has 0 fully saturated rings. The van der Waals surface area contributed by atoms with Gasteiger partial charge in [-0.1, -0.05) is 27.7 Å². The van der Waals surface area contributed by atoms with Gasteiger partial charge in [-0.05, 0) is 18.3 Å². The van der Waals surface area contributed by atoms with Crippen LogP contribution < -0.4 is 0 Å². The van der Waals surface area contributed by atoms with Gasteiger partial charge in [-0.3, -0.25) is 0 Å². The lowest BCUT2D eigenvalue weighted by Crippen LogP contribution is -2.38. The maximum Gasteiger partial charge on any atom is 0.214 e. The molecule has 0 spiro atoms. The summed E-state index contributed by atoms with van der Waals surface area (Å²) in [6, 6.07) is 0. The lowest BCUT2D eigenvalue weighted by Gasteiger charge is -2.25. The third-order valence-corrected chi connectivity index (χ3v) is 4.22. The summed E-state index contributed by atoms with van der Waals surface area (Å²) >= 11 is 5.54. The van der Waals surface area contributed by atoms with E-state index in [-0.39, 0.29) is 5.75 Å². The maximum atomic E-state index is 12.0. The fourth-order valence-corrected chi connectivity index (χ4v) is 3.59. The van der Waals surface area contributed by atoms with Crippen molar-refractivity contribution in [1.82, 2.24) is 4.31 Å². The molecule has 0 atom stereocenters. The van der Waals surface area contributed by atoms with Crippen molar-refractivity contribution in [2.75, 3.05) is 24.7 Å². The summed E-state index contributed by atoms with van der Waals surface area (Å²) in [6.07, 6.45) is 0.524. The Hall–Kier alpha value is 0.200. The first kappa shape index (κ1) is 16.2. The minimum absolute atomic E-state index is 0.163. The molecule has 0 aliphatic carbocycles. The molecule has 0 N–H and O–H groups in total. The highest BCUT2D eigenvalue weighted by Crippen LogP contribution is 2.11. The zero-order chi connectivity index (χ0) is 12.8. The van der Waals surface area contributed by atoms with Gasteiger partial charge in [-0.25, -0.2) is 12.7 Å². The molecule has 0 aliphatic rings. The molecular weight excluding hydrogens is 246 g/mol. The van der Waals surface area contributed by atoms with Crippen molar-refractivity contribution in [2.24, 2.45) is 11.8 Å². The van der Waals surface area contributed by atoms with Crippen molar-refractivity contribution in [3.63, 3.8) is 0 Å². The van der Waals surface area contributed by atoms with Crippen LogP contribution in [0.15, 0.2) is 0 Å². The van der Waals surface area contributed by atoms with E-state index in [0.717, 1.165) is 0 Å². The van der Waals surface area contributed by atoms with Crippen LogP contribution in [-0.2, 0) is 10.0 Å². The second-order valence-electron chi connectivity index (χ2n) is 4.96. The summed E-state index contributed by atoms with van der Waals surface area (Å²) in [6.45, 7) is 9.33. The van der Waals surface area contributed by atoms with Gasteiger partial charge in [0, 0.05) is 19.0 Å². The van der Waals surface area contributed by atoms with Gasteiger partial charge in [-0.15, -0.1) is 11.6 Å². The lowest BCUT2D eigenvalue weighted by atomic mass is 10.2. The van der Waals surface area contributed by atoms with Crippen LogP contribution in [0.1, 0.15) is 34.1 Å². The minimum Gasteiger partial charge on any atom is -0.212 e. The number of rotatable bonds is 8. The number of nitrogens with zero attached hydrogens (tertiary/aromatic N) is 1. The third-order valence-electron chi connectivity index (χ3n) is 2.07. The highest BCUT2D eigenvalue weighted by molar-refractivity contribution is 7.89. The molecule has 0 rings (SSSR count). The van der Waals surface area contributed by atoms with Gasteiger partial charge in [0.1, 0.15) is 0 Å². The largest absolute Gasteiger partial charge is 0.214 e. The van der Waals surface area contributed by atoms with E-state index < -0.39 is 10.0 Å². The monoisotopic (exact) mass is 269 g/mol. The van der Waals surface area contributed by atoms with Crippen molar-refractivity contribution in [3.8, 4) is 0 Å². The first-order chi connectivity index (χ1) is 7.29. The zero-order valence-electron chi connectivity index (χ0n) is 10.7. The van der Waals surface area contributed by atoms with E-state index in [4.69, 9.17) is 11.6 Å². The van der Waals surface area contributed by atoms with Crippen molar-refractivity contribution >= 4 is 21.6 Å². The van der Waals surface area contributed by atoms with E-state index >= 15 is 0 Å². The van der Waals surface area contributed by atoms with Crippen LogP contribution in [0.3, 0.4) is 0 Å². The van der Waals surface area contributed by atoms with Gasteiger partial charge in [0.2, 0.25) is 10.0 Å². The Morgan fingerprint density at radius 3 is 1.81 bits per heavy atom. The average molecular weight is 270 g/mol. The summed E-state index contributed by atoms with van der Waals surface area (Å²) in [5, 5.41) is 0. The molecule has 0 saturated carbocycles. The Morgan fingerprint density at radius 2 is 1.50 bits per heavy atom. The lowest BCUT2D eigenvalue weighted by molar-refractivity contribution is 0.333. The minimum atomic E-state index is -3.13. The van der Waals surface area contributed by atoms with Crippen LogP contribution in [-0.4, -0.2) is 37.4 Å². The third kappa shape index (κ3) is 6.71. The summed E-state index contributed by atoms with van der Waals surface area (Å²) < 4.78 is 25.7. The predicted octanol–water partition coefficient (Wildman–Crippen LogP) is 2.56. The standard InChI is InChI=1S/C11H24ClNO2S/c1-10(2)8-13(9-11(3)4)16(14,15)7-5-6-12/h10-11H,5-9H2,1-4H3. The molecule has 0 aromatic rings. The van der Waals surface area contributed by atoms with E-state index in [0.29, 0.717) is 37.2 Å². The topological polar surface area (TPSA) is 37.4 Å². The molecular formula is C11H24ClNO2S. The Kier molecular flexibility index (Phi) is 7.61.